The second-order valence-corrected chi connectivity index (χ2v) is 4.93. The molecule has 0 saturated heterocycles. The largest absolute Gasteiger partial charge is 0.370 e. The van der Waals surface area contributed by atoms with Crippen LogP contribution in [0.2, 0.25) is 0 Å². The van der Waals surface area contributed by atoms with Gasteiger partial charge in [-0.3, -0.25) is 4.79 Å². The standard InChI is InChI=1S/C16H25NO/c17-16(18)14-10-5-3-1-2-4-7-11-15-12-8-6-9-13-15/h6,8-9,12-13H,1-5,7,10-11,14H2,(H2,17,18). The molecule has 0 spiro atoms. The molecule has 0 fully saturated rings. The first-order valence-electron chi connectivity index (χ1n) is 7.11. The van der Waals surface area contributed by atoms with E-state index in [1.807, 2.05) is 0 Å². The van der Waals surface area contributed by atoms with Crippen LogP contribution in [-0.4, -0.2) is 5.91 Å². The zero-order valence-electron chi connectivity index (χ0n) is 11.2. The van der Waals surface area contributed by atoms with Crippen molar-refractivity contribution >= 4 is 5.91 Å². The fraction of sp³-hybridized carbons (Fsp3) is 0.562. The van der Waals surface area contributed by atoms with Gasteiger partial charge in [0.25, 0.3) is 0 Å². The van der Waals surface area contributed by atoms with Crippen LogP contribution in [0.15, 0.2) is 30.3 Å². The lowest BCUT2D eigenvalue weighted by Gasteiger charge is -2.02. The molecule has 0 unspecified atom stereocenters. The monoisotopic (exact) mass is 247 g/mol. The SMILES string of the molecule is NC(=O)CCCCCCCCCc1ccccc1. The second kappa shape index (κ2) is 9.69. The molecule has 2 heteroatoms. The first-order chi connectivity index (χ1) is 8.79. The number of benzene rings is 1. The molecule has 1 amide bonds. The van der Waals surface area contributed by atoms with Gasteiger partial charge in [-0.2, -0.15) is 0 Å². The van der Waals surface area contributed by atoms with Gasteiger partial charge >= 0.3 is 0 Å². The van der Waals surface area contributed by atoms with E-state index in [9.17, 15) is 4.79 Å². The number of nitrogens with two attached hydrogens (primary N) is 1. The van der Waals surface area contributed by atoms with Gasteiger partial charge in [-0.1, -0.05) is 62.4 Å². The molecular formula is C16H25NO. The molecule has 0 aliphatic carbocycles. The summed E-state index contributed by atoms with van der Waals surface area (Å²) in [6, 6.07) is 10.7. The van der Waals surface area contributed by atoms with Gasteiger partial charge < -0.3 is 5.73 Å². The van der Waals surface area contributed by atoms with E-state index in [1.165, 1.54) is 44.1 Å². The fourth-order valence-corrected chi connectivity index (χ4v) is 2.16. The van der Waals surface area contributed by atoms with Crippen LogP contribution in [0.25, 0.3) is 0 Å². The lowest BCUT2D eigenvalue weighted by molar-refractivity contribution is -0.118. The third-order valence-corrected chi connectivity index (χ3v) is 3.23. The van der Waals surface area contributed by atoms with E-state index in [0.717, 1.165) is 12.8 Å². The molecule has 0 heterocycles. The highest BCUT2D eigenvalue weighted by Crippen LogP contribution is 2.11. The quantitative estimate of drug-likeness (QED) is 0.627. The third kappa shape index (κ3) is 7.88. The number of carbonyl (C=O) groups is 1. The van der Waals surface area contributed by atoms with Gasteiger partial charge in [-0.05, 0) is 24.8 Å². The van der Waals surface area contributed by atoms with Crippen molar-refractivity contribution in [2.45, 2.75) is 57.8 Å². The van der Waals surface area contributed by atoms with Crippen molar-refractivity contribution in [2.75, 3.05) is 0 Å². The van der Waals surface area contributed by atoms with Crippen molar-refractivity contribution in [3.05, 3.63) is 35.9 Å². The van der Waals surface area contributed by atoms with Crippen molar-refractivity contribution in [3.8, 4) is 0 Å². The maximum atomic E-state index is 10.5. The van der Waals surface area contributed by atoms with E-state index in [4.69, 9.17) is 5.73 Å². The Bertz CT molecular complexity index is 321. The molecule has 0 atom stereocenters. The normalized spacial score (nSPS) is 10.4. The first-order valence-corrected chi connectivity index (χ1v) is 7.11. The Labute approximate surface area is 111 Å². The number of hydrogen-bond donors (Lipinski definition) is 1. The molecule has 1 rings (SSSR count). The maximum absolute atomic E-state index is 10.5. The van der Waals surface area contributed by atoms with Crippen LogP contribution in [0.4, 0.5) is 0 Å². The maximum Gasteiger partial charge on any atom is 0.217 e. The van der Waals surface area contributed by atoms with Crippen LogP contribution in [-0.2, 0) is 11.2 Å². The molecule has 2 N–H and O–H groups in total. The summed E-state index contributed by atoms with van der Waals surface area (Å²) >= 11 is 0. The molecule has 0 aliphatic rings. The zero-order chi connectivity index (χ0) is 13.1. The molecule has 0 aromatic heterocycles. The Morgan fingerprint density at radius 2 is 1.39 bits per heavy atom. The highest BCUT2D eigenvalue weighted by atomic mass is 16.1. The fourth-order valence-electron chi connectivity index (χ4n) is 2.16. The van der Waals surface area contributed by atoms with Gasteiger partial charge in [0.2, 0.25) is 5.91 Å². The number of unbranched alkanes of at least 4 members (excludes halogenated alkanes) is 6. The van der Waals surface area contributed by atoms with Gasteiger partial charge in [0.1, 0.15) is 0 Å². The number of rotatable bonds is 10. The molecular weight excluding hydrogens is 222 g/mol. The summed E-state index contributed by atoms with van der Waals surface area (Å²) < 4.78 is 0. The van der Waals surface area contributed by atoms with Crippen LogP contribution in [0.1, 0.15) is 56.9 Å². The predicted molar refractivity (Wildman–Crippen MR) is 76.3 cm³/mol. The van der Waals surface area contributed by atoms with Crippen molar-refractivity contribution in [1.82, 2.24) is 0 Å². The summed E-state index contributed by atoms with van der Waals surface area (Å²) in [6.45, 7) is 0. The van der Waals surface area contributed by atoms with Gasteiger partial charge in [-0.25, -0.2) is 0 Å². The second-order valence-electron chi connectivity index (χ2n) is 4.93. The zero-order valence-corrected chi connectivity index (χ0v) is 11.2. The predicted octanol–water partition coefficient (Wildman–Crippen LogP) is 3.84. The summed E-state index contributed by atoms with van der Waals surface area (Å²) in [7, 11) is 0. The highest BCUT2D eigenvalue weighted by Gasteiger charge is 1.96. The summed E-state index contributed by atoms with van der Waals surface area (Å²) in [5.41, 5.74) is 6.53. The first kappa shape index (κ1) is 14.7. The Kier molecular flexibility index (Phi) is 7.94. The molecule has 0 bridgehead atoms. The van der Waals surface area contributed by atoms with Gasteiger partial charge in [-0.15, -0.1) is 0 Å². The van der Waals surface area contributed by atoms with Crippen molar-refractivity contribution in [2.24, 2.45) is 5.73 Å². The molecule has 0 aliphatic heterocycles. The van der Waals surface area contributed by atoms with Crippen molar-refractivity contribution < 1.29 is 4.79 Å². The van der Waals surface area contributed by atoms with Crippen LogP contribution in [0.5, 0.6) is 0 Å². The summed E-state index contributed by atoms with van der Waals surface area (Å²) in [5.74, 6) is -0.169. The number of aryl methyl sites for hydroxylation is 1. The Balaban J connectivity index is 1.86. The molecule has 1 aromatic rings. The third-order valence-electron chi connectivity index (χ3n) is 3.23. The van der Waals surface area contributed by atoms with Crippen molar-refractivity contribution in [1.29, 1.82) is 0 Å². The van der Waals surface area contributed by atoms with Crippen LogP contribution >= 0.6 is 0 Å². The molecule has 2 nitrogen and oxygen atoms in total. The van der Waals surface area contributed by atoms with E-state index in [-0.39, 0.29) is 5.91 Å². The molecule has 0 saturated carbocycles. The summed E-state index contributed by atoms with van der Waals surface area (Å²) in [5, 5.41) is 0. The van der Waals surface area contributed by atoms with Gasteiger partial charge in [0, 0.05) is 6.42 Å². The topological polar surface area (TPSA) is 43.1 Å². The van der Waals surface area contributed by atoms with E-state index in [1.54, 1.807) is 0 Å². The lowest BCUT2D eigenvalue weighted by Crippen LogP contribution is -2.09. The Morgan fingerprint density at radius 1 is 0.833 bits per heavy atom. The van der Waals surface area contributed by atoms with E-state index < -0.39 is 0 Å². The van der Waals surface area contributed by atoms with Crippen LogP contribution in [0.3, 0.4) is 0 Å². The molecule has 100 valence electrons. The molecule has 0 radical (unpaired) electrons. The lowest BCUT2D eigenvalue weighted by atomic mass is 10.0. The Hall–Kier alpha value is -1.31. The smallest absolute Gasteiger partial charge is 0.217 e. The van der Waals surface area contributed by atoms with E-state index in [0.29, 0.717) is 6.42 Å². The summed E-state index contributed by atoms with van der Waals surface area (Å²) in [4.78, 5) is 10.5. The van der Waals surface area contributed by atoms with Gasteiger partial charge in [0.05, 0.1) is 0 Å². The average molecular weight is 247 g/mol. The van der Waals surface area contributed by atoms with Crippen molar-refractivity contribution in [3.63, 3.8) is 0 Å². The summed E-state index contributed by atoms with van der Waals surface area (Å²) in [6.07, 6.45) is 10.3. The minimum absolute atomic E-state index is 0.169. The average Bonchev–Trinajstić information content (AvgIpc) is 2.37. The molecule has 18 heavy (non-hydrogen) atoms. The van der Waals surface area contributed by atoms with E-state index in [2.05, 4.69) is 30.3 Å². The number of hydrogen-bond acceptors (Lipinski definition) is 1. The van der Waals surface area contributed by atoms with E-state index >= 15 is 0 Å². The number of primary amides is 1. The minimum Gasteiger partial charge on any atom is -0.370 e. The van der Waals surface area contributed by atoms with Crippen LogP contribution in [0, 0.1) is 0 Å². The number of amides is 1. The molecule has 1 aromatic carbocycles. The van der Waals surface area contributed by atoms with Crippen LogP contribution < -0.4 is 5.73 Å². The Morgan fingerprint density at radius 3 is 2.00 bits per heavy atom. The minimum atomic E-state index is -0.169. The number of carbonyl (C=O) groups excluding carboxylic acids is 1. The van der Waals surface area contributed by atoms with Gasteiger partial charge in [0.15, 0.2) is 0 Å². The highest BCUT2D eigenvalue weighted by molar-refractivity contribution is 5.73.